The van der Waals surface area contributed by atoms with Crippen LogP contribution in [0.2, 0.25) is 0 Å². The van der Waals surface area contributed by atoms with Crippen molar-refractivity contribution in [2.24, 2.45) is 0 Å². The lowest BCUT2D eigenvalue weighted by atomic mass is 9.79. The summed E-state index contributed by atoms with van der Waals surface area (Å²) in [5.74, 6) is 0.566. The maximum absolute atomic E-state index is 6.18. The van der Waals surface area contributed by atoms with E-state index >= 15 is 0 Å². The second-order valence-electron chi connectivity index (χ2n) is 8.47. The molecule has 0 spiro atoms. The Labute approximate surface area is 154 Å². The van der Waals surface area contributed by atoms with Gasteiger partial charge in [0.05, 0.1) is 26.4 Å². The summed E-state index contributed by atoms with van der Waals surface area (Å²) in [6.45, 7) is 10.7. The van der Waals surface area contributed by atoms with Crippen molar-refractivity contribution < 1.29 is 9.31 Å². The van der Waals surface area contributed by atoms with Gasteiger partial charge in [0, 0.05) is 12.5 Å². The first-order valence-corrected chi connectivity index (χ1v) is 10.0. The van der Waals surface area contributed by atoms with Gasteiger partial charge in [-0.15, -0.1) is 11.3 Å². The van der Waals surface area contributed by atoms with E-state index in [9.17, 15) is 0 Å². The van der Waals surface area contributed by atoms with E-state index in [4.69, 9.17) is 14.3 Å². The van der Waals surface area contributed by atoms with Gasteiger partial charge in [-0.1, -0.05) is 6.07 Å². The Morgan fingerprint density at radius 1 is 1.20 bits per heavy atom. The Morgan fingerprint density at radius 2 is 1.92 bits per heavy atom. The molecule has 1 aromatic heterocycles. The minimum absolute atomic E-state index is 0.313. The fourth-order valence-electron chi connectivity index (χ4n) is 3.63. The normalized spacial score (nSPS) is 26.4. The topological polar surface area (TPSA) is 34.6 Å². The summed E-state index contributed by atoms with van der Waals surface area (Å²) >= 11 is 1.84. The Bertz CT molecular complexity index is 773. The van der Waals surface area contributed by atoms with Gasteiger partial charge >= 0.3 is 7.12 Å². The van der Waals surface area contributed by atoms with E-state index in [1.54, 1.807) is 0 Å². The van der Waals surface area contributed by atoms with Gasteiger partial charge in [-0.2, -0.15) is 0 Å². The first kappa shape index (κ1) is 17.5. The third-order valence-corrected chi connectivity index (χ3v) is 7.13. The van der Waals surface area contributed by atoms with Crippen LogP contribution in [-0.4, -0.2) is 48.3 Å². The fraction of sp³-hybridized carbons (Fsp3) is 0.632. The average Bonchev–Trinajstić information content (AvgIpc) is 3.05. The summed E-state index contributed by atoms with van der Waals surface area (Å²) in [7, 11) is 1.89. The van der Waals surface area contributed by atoms with E-state index in [0.29, 0.717) is 5.92 Å². The number of hydrogen-bond acceptors (Lipinski definition) is 5. The van der Waals surface area contributed by atoms with Crippen molar-refractivity contribution in [2.75, 3.05) is 20.1 Å². The molecule has 4 nitrogen and oxygen atoms in total. The van der Waals surface area contributed by atoms with Crippen LogP contribution in [0.3, 0.4) is 0 Å². The number of aromatic nitrogens is 1. The van der Waals surface area contributed by atoms with Crippen LogP contribution in [0.15, 0.2) is 18.2 Å². The van der Waals surface area contributed by atoms with E-state index in [1.807, 2.05) is 11.3 Å². The summed E-state index contributed by atoms with van der Waals surface area (Å²) in [4.78, 5) is 7.37. The van der Waals surface area contributed by atoms with Gasteiger partial charge in [0.15, 0.2) is 0 Å². The molecule has 0 aliphatic carbocycles. The first-order chi connectivity index (χ1) is 11.7. The Balaban J connectivity index is 1.61. The lowest BCUT2D eigenvalue weighted by molar-refractivity contribution is 0.00578. The van der Waals surface area contributed by atoms with Gasteiger partial charge in [-0.25, -0.2) is 4.98 Å². The molecule has 25 heavy (non-hydrogen) atoms. The predicted molar refractivity (Wildman–Crippen MR) is 105 cm³/mol. The van der Waals surface area contributed by atoms with E-state index in [0.717, 1.165) is 17.5 Å². The molecule has 0 unspecified atom stereocenters. The molecule has 1 atom stereocenters. The van der Waals surface area contributed by atoms with Crippen LogP contribution in [-0.2, 0) is 9.31 Å². The quantitative estimate of drug-likeness (QED) is 0.771. The smallest absolute Gasteiger partial charge is 0.399 e. The van der Waals surface area contributed by atoms with Crippen molar-refractivity contribution in [3.63, 3.8) is 0 Å². The zero-order valence-corrected chi connectivity index (χ0v) is 16.7. The SMILES string of the molecule is CN1CCC[C@@H](c2nc3cc(B4OC(C)(C)C(C)(C)O4)ccc3s2)C1. The number of hydrogen-bond donors (Lipinski definition) is 0. The minimum Gasteiger partial charge on any atom is -0.399 e. The number of rotatable bonds is 2. The van der Waals surface area contributed by atoms with Gasteiger partial charge in [0.2, 0.25) is 0 Å². The molecule has 2 aliphatic rings. The summed E-state index contributed by atoms with van der Waals surface area (Å²) < 4.78 is 13.6. The maximum atomic E-state index is 6.18. The van der Waals surface area contributed by atoms with E-state index in [2.05, 4.69) is 57.8 Å². The van der Waals surface area contributed by atoms with E-state index < -0.39 is 0 Å². The maximum Gasteiger partial charge on any atom is 0.494 e. The highest BCUT2D eigenvalue weighted by molar-refractivity contribution is 7.18. The monoisotopic (exact) mass is 358 g/mol. The Morgan fingerprint density at radius 3 is 2.60 bits per heavy atom. The van der Waals surface area contributed by atoms with Crippen LogP contribution in [0.5, 0.6) is 0 Å². The second-order valence-corrected chi connectivity index (χ2v) is 9.53. The molecular weight excluding hydrogens is 331 g/mol. The molecule has 4 rings (SSSR count). The number of thiazole rings is 1. The van der Waals surface area contributed by atoms with Gasteiger partial charge in [-0.3, -0.25) is 0 Å². The van der Waals surface area contributed by atoms with Crippen LogP contribution in [0.4, 0.5) is 0 Å². The van der Waals surface area contributed by atoms with Crippen molar-refractivity contribution in [1.82, 2.24) is 9.88 Å². The van der Waals surface area contributed by atoms with E-state index in [-0.39, 0.29) is 18.3 Å². The zero-order chi connectivity index (χ0) is 17.8. The number of benzene rings is 1. The summed E-state index contributed by atoms with van der Waals surface area (Å²) in [6.07, 6.45) is 2.50. The molecule has 0 amide bonds. The third kappa shape index (κ3) is 3.14. The highest BCUT2D eigenvalue weighted by Gasteiger charge is 2.51. The Kier molecular flexibility index (Phi) is 4.23. The van der Waals surface area contributed by atoms with Gasteiger partial charge in [-0.05, 0) is 71.7 Å². The molecule has 6 heteroatoms. The zero-order valence-electron chi connectivity index (χ0n) is 15.8. The van der Waals surface area contributed by atoms with Crippen molar-refractivity contribution in [3.8, 4) is 0 Å². The molecule has 0 N–H and O–H groups in total. The summed E-state index contributed by atoms with van der Waals surface area (Å²) in [5.41, 5.74) is 1.50. The minimum atomic E-state index is -0.319. The molecule has 2 fully saturated rings. The van der Waals surface area contributed by atoms with Crippen LogP contribution >= 0.6 is 11.3 Å². The number of nitrogens with zero attached hydrogens (tertiary/aromatic N) is 2. The van der Waals surface area contributed by atoms with Crippen LogP contribution in [0.1, 0.15) is 51.5 Å². The molecule has 3 heterocycles. The van der Waals surface area contributed by atoms with Crippen molar-refractivity contribution in [3.05, 3.63) is 23.2 Å². The third-order valence-electron chi connectivity index (χ3n) is 5.93. The highest BCUT2D eigenvalue weighted by atomic mass is 32.1. The highest BCUT2D eigenvalue weighted by Crippen LogP contribution is 2.37. The van der Waals surface area contributed by atoms with Crippen molar-refractivity contribution in [1.29, 1.82) is 0 Å². The predicted octanol–water partition coefficient (Wildman–Crippen LogP) is 3.40. The van der Waals surface area contributed by atoms with Crippen LogP contribution < -0.4 is 5.46 Å². The molecule has 2 aromatic rings. The number of likely N-dealkylation sites (tertiary alicyclic amines) is 1. The lowest BCUT2D eigenvalue weighted by Gasteiger charge is -2.32. The summed E-state index contributed by atoms with van der Waals surface area (Å²) in [6, 6.07) is 6.44. The molecule has 2 aliphatic heterocycles. The lowest BCUT2D eigenvalue weighted by Crippen LogP contribution is -2.41. The molecule has 2 saturated heterocycles. The molecule has 0 bridgehead atoms. The fourth-order valence-corrected chi connectivity index (χ4v) is 4.70. The standard InChI is InChI=1S/C19H27BN2O2S/c1-18(2)19(3,4)24-20(23-18)14-8-9-16-15(11-14)21-17(25-16)13-7-6-10-22(5)12-13/h8-9,11,13H,6-7,10,12H2,1-5H3/t13-/m1/s1. The van der Waals surface area contributed by atoms with Gasteiger partial charge < -0.3 is 14.2 Å². The summed E-state index contributed by atoms with van der Waals surface area (Å²) in [5, 5.41) is 1.27. The number of fused-ring (bicyclic) bond motifs is 1. The molecule has 1 aromatic carbocycles. The molecule has 134 valence electrons. The van der Waals surface area contributed by atoms with E-state index in [1.165, 1.54) is 29.1 Å². The van der Waals surface area contributed by atoms with Crippen molar-refractivity contribution >= 4 is 34.1 Å². The van der Waals surface area contributed by atoms with Gasteiger partial charge in [0.25, 0.3) is 0 Å². The average molecular weight is 358 g/mol. The number of piperidine rings is 1. The largest absolute Gasteiger partial charge is 0.494 e. The first-order valence-electron chi connectivity index (χ1n) is 9.20. The molecular formula is C19H27BN2O2S. The second kappa shape index (κ2) is 6.05. The van der Waals surface area contributed by atoms with Gasteiger partial charge in [0.1, 0.15) is 0 Å². The Hall–Kier alpha value is -0.945. The van der Waals surface area contributed by atoms with Crippen molar-refractivity contribution in [2.45, 2.75) is 57.7 Å². The molecule has 0 radical (unpaired) electrons. The molecule has 0 saturated carbocycles. The van der Waals surface area contributed by atoms with Crippen LogP contribution in [0.25, 0.3) is 10.2 Å². The van der Waals surface area contributed by atoms with Crippen LogP contribution in [0, 0.1) is 0 Å². The number of likely N-dealkylation sites (N-methyl/N-ethyl adjacent to an activating group) is 1.